The maximum Gasteiger partial charge on any atom is 0.237 e. The molecule has 2 aliphatic rings. The van der Waals surface area contributed by atoms with Crippen LogP contribution in [0, 0.1) is 18.8 Å². The van der Waals surface area contributed by atoms with E-state index in [1.165, 1.54) is 0 Å². The zero-order chi connectivity index (χ0) is 19.5. The number of nitrogens with zero attached hydrogens (tertiary/aromatic N) is 1. The topological polar surface area (TPSA) is 60.7 Å². The number of aromatic nitrogens is 1. The largest absolute Gasteiger partial charge is 0.393 e. The van der Waals surface area contributed by atoms with Crippen LogP contribution in [0.4, 0.5) is 0 Å². The van der Waals surface area contributed by atoms with Gasteiger partial charge in [-0.1, -0.05) is 24.3 Å². The third-order valence-corrected chi connectivity index (χ3v) is 6.05. The Balaban J connectivity index is 1.98. The van der Waals surface area contributed by atoms with Crippen LogP contribution >= 0.6 is 0 Å². The molecule has 5 atom stereocenters. The Morgan fingerprint density at radius 1 is 1.37 bits per heavy atom. The molecule has 1 N–H and O–H groups in total. The van der Waals surface area contributed by atoms with Crippen molar-refractivity contribution < 1.29 is 19.4 Å². The highest BCUT2D eigenvalue weighted by Gasteiger charge is 2.50. The van der Waals surface area contributed by atoms with Gasteiger partial charge in [0, 0.05) is 22.9 Å². The molecule has 0 aliphatic carbocycles. The molecule has 0 bridgehead atoms. The van der Waals surface area contributed by atoms with Crippen molar-refractivity contribution in [3.63, 3.8) is 0 Å². The molecule has 5 nitrogen and oxygen atoms in total. The van der Waals surface area contributed by atoms with Gasteiger partial charge in [0.05, 0.1) is 30.2 Å². The van der Waals surface area contributed by atoms with Crippen LogP contribution in [0.25, 0.3) is 10.9 Å². The Hall–Kier alpha value is -1.95. The zero-order valence-electron chi connectivity index (χ0n) is 16.3. The normalized spacial score (nSPS) is 31.1. The van der Waals surface area contributed by atoms with Gasteiger partial charge in [-0.2, -0.15) is 0 Å². The first-order chi connectivity index (χ1) is 12.8. The predicted molar refractivity (Wildman–Crippen MR) is 104 cm³/mol. The SMILES string of the molecule is C=C[C@H]1[C@H]([C@@H](C)O)C(=O)n2c(c(C)c3ccccc32)[C@@H]1[C@H]1COC(C)(C)O1. The number of hydrogen-bond donors (Lipinski definition) is 1. The quantitative estimate of drug-likeness (QED) is 0.839. The summed E-state index contributed by atoms with van der Waals surface area (Å²) in [5.74, 6) is -1.65. The van der Waals surface area contributed by atoms with E-state index in [1.807, 2.05) is 38.1 Å². The van der Waals surface area contributed by atoms with Crippen molar-refractivity contribution in [1.29, 1.82) is 0 Å². The molecular weight excluding hydrogens is 342 g/mol. The second-order valence-corrected chi connectivity index (χ2v) is 8.17. The van der Waals surface area contributed by atoms with Crippen LogP contribution in [0.1, 0.15) is 42.7 Å². The van der Waals surface area contributed by atoms with Gasteiger partial charge in [-0.15, -0.1) is 6.58 Å². The Morgan fingerprint density at radius 3 is 2.67 bits per heavy atom. The van der Waals surface area contributed by atoms with E-state index in [9.17, 15) is 9.90 Å². The predicted octanol–water partition coefficient (Wildman–Crippen LogP) is 3.64. The monoisotopic (exact) mass is 369 g/mol. The van der Waals surface area contributed by atoms with Gasteiger partial charge in [0.15, 0.2) is 5.79 Å². The maximum absolute atomic E-state index is 13.4. The van der Waals surface area contributed by atoms with E-state index in [2.05, 4.69) is 13.5 Å². The summed E-state index contributed by atoms with van der Waals surface area (Å²) >= 11 is 0. The van der Waals surface area contributed by atoms with Crippen LogP contribution in [0.2, 0.25) is 0 Å². The van der Waals surface area contributed by atoms with Gasteiger partial charge >= 0.3 is 0 Å². The number of ether oxygens (including phenoxy) is 2. The zero-order valence-corrected chi connectivity index (χ0v) is 16.3. The number of aryl methyl sites for hydroxylation is 1. The summed E-state index contributed by atoms with van der Waals surface area (Å²) in [4.78, 5) is 13.4. The Bertz CT molecular complexity index is 910. The molecule has 2 aliphatic heterocycles. The summed E-state index contributed by atoms with van der Waals surface area (Å²) in [5.41, 5.74) is 2.91. The van der Waals surface area contributed by atoms with E-state index in [1.54, 1.807) is 17.6 Å². The van der Waals surface area contributed by atoms with Crippen molar-refractivity contribution in [3.05, 3.63) is 48.2 Å². The van der Waals surface area contributed by atoms with Crippen LogP contribution in [-0.2, 0) is 9.47 Å². The van der Waals surface area contributed by atoms with E-state index < -0.39 is 17.8 Å². The number of carbonyl (C=O) groups is 1. The third kappa shape index (κ3) is 2.68. The molecule has 3 heterocycles. The fourth-order valence-electron chi connectivity index (χ4n) is 4.91. The first-order valence-corrected chi connectivity index (χ1v) is 9.53. The maximum atomic E-state index is 13.4. The lowest BCUT2D eigenvalue weighted by Gasteiger charge is -2.40. The molecule has 0 saturated carbocycles. The first-order valence-electron chi connectivity index (χ1n) is 9.53. The lowest BCUT2D eigenvalue weighted by molar-refractivity contribution is -0.143. The van der Waals surface area contributed by atoms with Crippen molar-refractivity contribution in [3.8, 4) is 0 Å². The fourth-order valence-corrected chi connectivity index (χ4v) is 4.91. The molecule has 0 spiro atoms. The molecule has 27 heavy (non-hydrogen) atoms. The number of benzene rings is 1. The van der Waals surface area contributed by atoms with Gasteiger partial charge in [0.1, 0.15) is 0 Å². The Morgan fingerprint density at radius 2 is 2.07 bits per heavy atom. The molecule has 1 fully saturated rings. The van der Waals surface area contributed by atoms with Crippen LogP contribution in [0.5, 0.6) is 0 Å². The number of hydrogen-bond acceptors (Lipinski definition) is 4. The van der Waals surface area contributed by atoms with Gasteiger partial charge in [-0.3, -0.25) is 9.36 Å². The van der Waals surface area contributed by atoms with Crippen molar-refractivity contribution >= 4 is 16.8 Å². The summed E-state index contributed by atoms with van der Waals surface area (Å²) in [6, 6.07) is 7.92. The average Bonchev–Trinajstić information content (AvgIpc) is 3.12. The Labute approximate surface area is 159 Å². The minimum atomic E-state index is -0.784. The summed E-state index contributed by atoms with van der Waals surface area (Å²) in [5, 5.41) is 11.5. The van der Waals surface area contributed by atoms with E-state index >= 15 is 0 Å². The number of fused-ring (bicyclic) bond motifs is 3. The van der Waals surface area contributed by atoms with E-state index in [-0.39, 0.29) is 23.8 Å². The van der Waals surface area contributed by atoms with Gasteiger partial charge in [-0.05, 0) is 39.3 Å². The first kappa shape index (κ1) is 18.4. The molecule has 2 aromatic rings. The highest BCUT2D eigenvalue weighted by atomic mass is 16.7. The molecular formula is C22H27NO4. The van der Waals surface area contributed by atoms with Crippen LogP contribution in [0.3, 0.4) is 0 Å². The molecule has 0 amide bonds. The number of aliphatic hydroxyl groups is 1. The fraction of sp³-hybridized carbons (Fsp3) is 0.500. The minimum absolute atomic E-state index is 0.0800. The number of carbonyl (C=O) groups excluding carboxylic acids is 1. The number of rotatable bonds is 3. The van der Waals surface area contributed by atoms with Crippen molar-refractivity contribution in [2.24, 2.45) is 11.8 Å². The van der Waals surface area contributed by atoms with Crippen LogP contribution in [0.15, 0.2) is 36.9 Å². The molecule has 1 saturated heterocycles. The smallest absolute Gasteiger partial charge is 0.237 e. The molecule has 5 heteroatoms. The Kier molecular flexibility index (Phi) is 4.29. The highest BCUT2D eigenvalue weighted by molar-refractivity contribution is 5.98. The molecule has 144 valence electrons. The van der Waals surface area contributed by atoms with Crippen LogP contribution < -0.4 is 0 Å². The van der Waals surface area contributed by atoms with Crippen molar-refractivity contribution in [1.82, 2.24) is 4.57 Å². The molecule has 0 radical (unpaired) electrons. The number of para-hydroxylation sites is 1. The number of allylic oxidation sites excluding steroid dienone is 1. The summed E-state index contributed by atoms with van der Waals surface area (Å²) < 4.78 is 13.8. The summed E-state index contributed by atoms with van der Waals surface area (Å²) in [6.45, 7) is 12.0. The standard InChI is InChI=1S/C22H27NO4/c1-6-14-18(13(3)24)21(25)23-16-10-8-7-9-15(16)12(2)20(23)19(14)17-11-26-22(4,5)27-17/h6-10,13-14,17-19,24H,1,11H2,2-5H3/t13-,14+,17-,18+,19+/m1/s1. The van der Waals surface area contributed by atoms with Gasteiger partial charge < -0.3 is 14.6 Å². The third-order valence-electron chi connectivity index (χ3n) is 6.05. The highest BCUT2D eigenvalue weighted by Crippen LogP contribution is 2.48. The van der Waals surface area contributed by atoms with Gasteiger partial charge in [-0.25, -0.2) is 0 Å². The lowest BCUT2D eigenvalue weighted by Crippen LogP contribution is -2.47. The molecule has 0 unspecified atom stereocenters. The van der Waals surface area contributed by atoms with Crippen molar-refractivity contribution in [2.45, 2.75) is 51.6 Å². The molecule has 1 aromatic heterocycles. The summed E-state index contributed by atoms with van der Waals surface area (Å²) in [6.07, 6.45) is 0.807. The van der Waals surface area contributed by atoms with Gasteiger partial charge in [0.2, 0.25) is 5.91 Å². The van der Waals surface area contributed by atoms with Crippen LogP contribution in [-0.4, -0.2) is 40.2 Å². The van der Waals surface area contributed by atoms with E-state index in [0.29, 0.717) is 6.61 Å². The second-order valence-electron chi connectivity index (χ2n) is 8.17. The summed E-state index contributed by atoms with van der Waals surface area (Å²) in [7, 11) is 0. The second kappa shape index (κ2) is 6.30. The average molecular weight is 369 g/mol. The van der Waals surface area contributed by atoms with Gasteiger partial charge in [0.25, 0.3) is 0 Å². The molecule has 1 aromatic carbocycles. The van der Waals surface area contributed by atoms with Crippen molar-refractivity contribution in [2.75, 3.05) is 6.61 Å². The minimum Gasteiger partial charge on any atom is -0.393 e. The van der Waals surface area contributed by atoms with E-state index in [4.69, 9.17) is 9.47 Å². The van der Waals surface area contributed by atoms with E-state index in [0.717, 1.165) is 22.2 Å². The number of aliphatic hydroxyl groups excluding tert-OH is 1. The molecule has 4 rings (SSSR count). The lowest BCUT2D eigenvalue weighted by atomic mass is 9.71.